The number of hydrogen-bond acceptors (Lipinski definition) is 4. The summed E-state index contributed by atoms with van der Waals surface area (Å²) < 4.78 is 38.6. The van der Waals surface area contributed by atoms with Gasteiger partial charge in [-0.05, 0) is 17.7 Å². The Morgan fingerprint density at radius 2 is 2.00 bits per heavy atom. The largest absolute Gasteiger partial charge is 0.416 e. The lowest BCUT2D eigenvalue weighted by atomic mass is 10.1. The Labute approximate surface area is 123 Å². The number of nitrogens with one attached hydrogen (secondary N) is 1. The molecule has 1 heterocycles. The normalized spacial score (nSPS) is 13.0. The van der Waals surface area contributed by atoms with Gasteiger partial charge in [-0.2, -0.15) is 13.2 Å². The van der Waals surface area contributed by atoms with E-state index in [1.54, 1.807) is 7.05 Å². The molecule has 1 atom stereocenters. The van der Waals surface area contributed by atoms with Crippen LogP contribution in [0.5, 0.6) is 0 Å². The highest BCUT2D eigenvalue weighted by Gasteiger charge is 2.30. The monoisotopic (exact) mass is 314 g/mol. The summed E-state index contributed by atoms with van der Waals surface area (Å²) in [4.78, 5) is 11.7. The molecule has 118 valence electrons. The molecule has 0 saturated heterocycles. The molecule has 6 nitrogen and oxygen atoms in total. The van der Waals surface area contributed by atoms with E-state index >= 15 is 0 Å². The molecule has 2 N–H and O–H groups in total. The quantitative estimate of drug-likeness (QED) is 0.891. The van der Waals surface area contributed by atoms with E-state index in [1.807, 2.05) is 0 Å². The molecule has 1 aromatic heterocycles. The van der Waals surface area contributed by atoms with Gasteiger partial charge in [0.1, 0.15) is 0 Å². The lowest BCUT2D eigenvalue weighted by Crippen LogP contribution is -2.28. The standard InChI is InChI=1S/C13H13F3N4O2/c1-20-7-10(18-19-20)12(22)17-6-11(21)8-2-4-9(5-3-8)13(14,15)16/h2-5,7,11,21H,6H2,1H3,(H,17,22). The van der Waals surface area contributed by atoms with Gasteiger partial charge in [-0.15, -0.1) is 5.10 Å². The fraction of sp³-hybridized carbons (Fsp3) is 0.308. The summed E-state index contributed by atoms with van der Waals surface area (Å²) in [6, 6.07) is 4.09. The molecule has 0 radical (unpaired) electrons. The van der Waals surface area contributed by atoms with Crippen molar-refractivity contribution < 1.29 is 23.1 Å². The van der Waals surface area contributed by atoms with Crippen LogP contribution in [0, 0.1) is 0 Å². The second-order valence-electron chi connectivity index (χ2n) is 4.62. The summed E-state index contributed by atoms with van der Waals surface area (Å²) in [7, 11) is 1.60. The number of nitrogens with zero attached hydrogens (tertiary/aromatic N) is 3. The molecule has 0 bridgehead atoms. The van der Waals surface area contributed by atoms with Crippen LogP contribution in [0.1, 0.15) is 27.7 Å². The number of amides is 1. The highest BCUT2D eigenvalue weighted by atomic mass is 19.4. The Bertz CT molecular complexity index is 652. The first-order valence-electron chi connectivity index (χ1n) is 6.27. The molecular weight excluding hydrogens is 301 g/mol. The van der Waals surface area contributed by atoms with E-state index in [4.69, 9.17) is 0 Å². The van der Waals surface area contributed by atoms with Gasteiger partial charge in [0.15, 0.2) is 5.69 Å². The van der Waals surface area contributed by atoms with Gasteiger partial charge in [-0.25, -0.2) is 0 Å². The molecule has 1 amide bonds. The zero-order valence-corrected chi connectivity index (χ0v) is 11.5. The Morgan fingerprint density at radius 1 is 1.36 bits per heavy atom. The van der Waals surface area contributed by atoms with Gasteiger partial charge in [0.05, 0.1) is 17.9 Å². The third-order valence-corrected chi connectivity index (χ3v) is 2.91. The maximum atomic E-state index is 12.4. The number of aliphatic hydroxyl groups excluding tert-OH is 1. The van der Waals surface area contributed by atoms with Gasteiger partial charge in [0.25, 0.3) is 5.91 Å². The molecule has 0 aliphatic carbocycles. The SMILES string of the molecule is Cn1cc(C(=O)NCC(O)c2ccc(C(F)(F)F)cc2)nn1. The highest BCUT2D eigenvalue weighted by Crippen LogP contribution is 2.29. The molecule has 1 unspecified atom stereocenters. The first-order valence-corrected chi connectivity index (χ1v) is 6.27. The van der Waals surface area contributed by atoms with Crippen LogP contribution in [-0.2, 0) is 13.2 Å². The average molecular weight is 314 g/mol. The summed E-state index contributed by atoms with van der Waals surface area (Å²) >= 11 is 0. The third-order valence-electron chi connectivity index (χ3n) is 2.91. The van der Waals surface area contributed by atoms with Crippen LogP contribution in [0.2, 0.25) is 0 Å². The topological polar surface area (TPSA) is 80.0 Å². The van der Waals surface area contributed by atoms with Crippen molar-refractivity contribution in [2.75, 3.05) is 6.54 Å². The molecule has 9 heteroatoms. The maximum absolute atomic E-state index is 12.4. The molecular formula is C13H13F3N4O2. The minimum absolute atomic E-state index is 0.0853. The van der Waals surface area contributed by atoms with Crippen molar-refractivity contribution in [3.05, 3.63) is 47.3 Å². The van der Waals surface area contributed by atoms with Crippen LogP contribution >= 0.6 is 0 Å². The van der Waals surface area contributed by atoms with Crippen LogP contribution in [0.3, 0.4) is 0 Å². The second kappa shape index (κ2) is 6.14. The minimum atomic E-state index is -4.43. The molecule has 1 aromatic carbocycles. The molecule has 0 fully saturated rings. The number of aliphatic hydroxyl groups is 1. The van der Waals surface area contributed by atoms with E-state index in [9.17, 15) is 23.1 Å². The van der Waals surface area contributed by atoms with Crippen LogP contribution in [0.25, 0.3) is 0 Å². The van der Waals surface area contributed by atoms with E-state index in [-0.39, 0.29) is 17.8 Å². The van der Waals surface area contributed by atoms with Gasteiger partial charge in [0.2, 0.25) is 0 Å². The smallest absolute Gasteiger partial charge is 0.387 e. The predicted octanol–water partition coefficient (Wildman–Crippen LogP) is 1.30. The number of carbonyl (C=O) groups is 1. The fourth-order valence-corrected chi connectivity index (χ4v) is 1.74. The Balaban J connectivity index is 1.95. The zero-order chi connectivity index (χ0) is 16.3. The molecule has 0 aliphatic heterocycles. The predicted molar refractivity (Wildman–Crippen MR) is 69.7 cm³/mol. The summed E-state index contributed by atoms with van der Waals surface area (Å²) in [6.07, 6.45) is -4.15. The molecule has 0 aliphatic rings. The Hall–Kier alpha value is -2.42. The van der Waals surface area contributed by atoms with E-state index in [1.165, 1.54) is 23.0 Å². The molecule has 0 spiro atoms. The van der Waals surface area contributed by atoms with Crippen LogP contribution in [0.4, 0.5) is 13.2 Å². The number of alkyl halides is 3. The van der Waals surface area contributed by atoms with Crippen molar-refractivity contribution in [1.82, 2.24) is 20.3 Å². The number of benzene rings is 1. The minimum Gasteiger partial charge on any atom is -0.387 e. The van der Waals surface area contributed by atoms with Crippen LogP contribution in [0.15, 0.2) is 30.5 Å². The summed E-state index contributed by atoms with van der Waals surface area (Å²) in [6.45, 7) is -0.152. The van der Waals surface area contributed by atoms with E-state index in [2.05, 4.69) is 15.6 Å². The number of rotatable bonds is 4. The number of halogens is 3. The van der Waals surface area contributed by atoms with Gasteiger partial charge in [-0.3, -0.25) is 9.48 Å². The van der Waals surface area contributed by atoms with Crippen molar-refractivity contribution >= 4 is 5.91 Å². The van der Waals surface area contributed by atoms with E-state index < -0.39 is 23.8 Å². The zero-order valence-electron chi connectivity index (χ0n) is 11.5. The highest BCUT2D eigenvalue weighted by molar-refractivity contribution is 5.91. The van der Waals surface area contributed by atoms with Crippen molar-refractivity contribution in [1.29, 1.82) is 0 Å². The first kappa shape index (κ1) is 16.0. The lowest BCUT2D eigenvalue weighted by molar-refractivity contribution is -0.137. The third kappa shape index (κ3) is 3.82. The van der Waals surface area contributed by atoms with Crippen molar-refractivity contribution in [2.45, 2.75) is 12.3 Å². The van der Waals surface area contributed by atoms with Gasteiger partial charge >= 0.3 is 6.18 Å². The molecule has 2 rings (SSSR count). The fourth-order valence-electron chi connectivity index (χ4n) is 1.74. The number of carbonyl (C=O) groups excluding carboxylic acids is 1. The van der Waals surface area contributed by atoms with Gasteiger partial charge < -0.3 is 10.4 Å². The maximum Gasteiger partial charge on any atom is 0.416 e. The summed E-state index contributed by atoms with van der Waals surface area (Å²) in [5.74, 6) is -0.529. The van der Waals surface area contributed by atoms with Crippen LogP contribution in [-0.4, -0.2) is 32.6 Å². The molecule has 2 aromatic rings. The number of hydrogen-bond donors (Lipinski definition) is 2. The van der Waals surface area contributed by atoms with Crippen molar-refractivity contribution in [3.63, 3.8) is 0 Å². The Kier molecular flexibility index (Phi) is 4.45. The van der Waals surface area contributed by atoms with Crippen molar-refractivity contribution in [2.24, 2.45) is 7.05 Å². The van der Waals surface area contributed by atoms with E-state index in [0.29, 0.717) is 0 Å². The van der Waals surface area contributed by atoms with Gasteiger partial charge in [0, 0.05) is 13.6 Å². The Morgan fingerprint density at radius 3 is 2.50 bits per heavy atom. The number of aryl methyl sites for hydroxylation is 1. The molecule has 22 heavy (non-hydrogen) atoms. The first-order chi connectivity index (χ1) is 10.3. The second-order valence-corrected chi connectivity index (χ2v) is 4.62. The number of aromatic nitrogens is 3. The summed E-state index contributed by atoms with van der Waals surface area (Å²) in [5, 5.41) is 19.5. The van der Waals surface area contributed by atoms with Gasteiger partial charge in [-0.1, -0.05) is 17.3 Å². The average Bonchev–Trinajstić information content (AvgIpc) is 2.90. The molecule has 0 saturated carbocycles. The summed E-state index contributed by atoms with van der Waals surface area (Å²) in [5.41, 5.74) is -0.443. The lowest BCUT2D eigenvalue weighted by Gasteiger charge is -2.13. The van der Waals surface area contributed by atoms with E-state index in [0.717, 1.165) is 12.1 Å². The van der Waals surface area contributed by atoms with Crippen LogP contribution < -0.4 is 5.32 Å². The van der Waals surface area contributed by atoms with Crippen molar-refractivity contribution in [3.8, 4) is 0 Å².